The van der Waals surface area contributed by atoms with Gasteiger partial charge in [0, 0.05) is 10.9 Å². The van der Waals surface area contributed by atoms with Crippen LogP contribution in [-0.4, -0.2) is 24.7 Å². The molecule has 1 N–H and O–H groups in total. The van der Waals surface area contributed by atoms with E-state index >= 15 is 0 Å². The third-order valence-corrected chi connectivity index (χ3v) is 6.80. The second kappa shape index (κ2) is 5.62. The van der Waals surface area contributed by atoms with Gasteiger partial charge in [0.1, 0.15) is 5.25 Å². The molecular formula is C17H12ClNO4S. The molecule has 7 heteroatoms. The minimum atomic E-state index is -3.97. The molecule has 122 valence electrons. The summed E-state index contributed by atoms with van der Waals surface area (Å²) >= 11 is 5.83. The van der Waals surface area contributed by atoms with Crippen LogP contribution in [0.25, 0.3) is 0 Å². The number of rotatable bonds is 4. The second-order valence-electron chi connectivity index (χ2n) is 5.59. The predicted molar refractivity (Wildman–Crippen MR) is 87.3 cm³/mol. The molecule has 0 unspecified atom stereocenters. The molecule has 0 amide bonds. The maximum atomic E-state index is 12.9. The number of carbonyl (C=O) groups is 1. The molecule has 2 aromatic rings. The lowest BCUT2D eigenvalue weighted by Crippen LogP contribution is -2.22. The Bertz CT molecular complexity index is 935. The Morgan fingerprint density at radius 2 is 1.71 bits per heavy atom. The Kier molecular flexibility index (Phi) is 3.86. The molecule has 3 rings (SSSR count). The highest BCUT2D eigenvalue weighted by molar-refractivity contribution is 7.92. The van der Waals surface area contributed by atoms with Gasteiger partial charge in [0.2, 0.25) is 0 Å². The number of carboxylic acids is 1. The molecule has 0 radical (unpaired) electrons. The first-order valence-electron chi connectivity index (χ1n) is 7.04. The monoisotopic (exact) mass is 361 g/mol. The van der Waals surface area contributed by atoms with Crippen molar-refractivity contribution < 1.29 is 18.3 Å². The van der Waals surface area contributed by atoms with Gasteiger partial charge in [-0.25, -0.2) is 8.42 Å². The summed E-state index contributed by atoms with van der Waals surface area (Å²) in [4.78, 5) is 11.7. The van der Waals surface area contributed by atoms with Crippen LogP contribution in [-0.2, 0) is 14.6 Å². The normalized spacial score (nSPS) is 25.7. The van der Waals surface area contributed by atoms with Crippen LogP contribution in [0.5, 0.6) is 0 Å². The number of aliphatic carboxylic acids is 1. The minimum Gasteiger partial charge on any atom is -0.480 e. The molecule has 0 spiro atoms. The Hall–Kier alpha value is -2.36. The van der Waals surface area contributed by atoms with Gasteiger partial charge in [-0.2, -0.15) is 5.26 Å². The molecule has 24 heavy (non-hydrogen) atoms. The molecule has 0 saturated heterocycles. The highest BCUT2D eigenvalue weighted by Crippen LogP contribution is 2.64. The second-order valence-corrected chi connectivity index (χ2v) is 8.10. The van der Waals surface area contributed by atoms with Gasteiger partial charge in [0.05, 0.1) is 11.0 Å². The van der Waals surface area contributed by atoms with Crippen molar-refractivity contribution in [3.05, 3.63) is 65.2 Å². The first-order valence-corrected chi connectivity index (χ1v) is 8.97. The largest absolute Gasteiger partial charge is 0.480 e. The number of nitrogens with zero attached hydrogens (tertiary/aromatic N) is 1. The molecule has 1 aliphatic carbocycles. The minimum absolute atomic E-state index is 0.00679. The summed E-state index contributed by atoms with van der Waals surface area (Å²) in [5.74, 6) is -2.38. The number of sulfone groups is 1. The topological polar surface area (TPSA) is 95.2 Å². The van der Waals surface area contributed by atoms with Gasteiger partial charge in [-0.05, 0) is 29.8 Å². The Morgan fingerprint density at radius 3 is 2.21 bits per heavy atom. The lowest BCUT2D eigenvalue weighted by atomic mass is 10.0. The van der Waals surface area contributed by atoms with Crippen molar-refractivity contribution >= 4 is 27.4 Å². The van der Waals surface area contributed by atoms with E-state index < -0.39 is 32.4 Å². The van der Waals surface area contributed by atoms with E-state index in [1.807, 2.05) is 0 Å². The molecule has 5 nitrogen and oxygen atoms in total. The van der Waals surface area contributed by atoms with Crippen LogP contribution in [0.3, 0.4) is 0 Å². The van der Waals surface area contributed by atoms with Crippen LogP contribution < -0.4 is 0 Å². The van der Waals surface area contributed by atoms with E-state index in [-0.39, 0.29) is 4.90 Å². The molecule has 1 fully saturated rings. The molecule has 0 aromatic heterocycles. The van der Waals surface area contributed by atoms with Gasteiger partial charge in [-0.15, -0.1) is 0 Å². The van der Waals surface area contributed by atoms with Gasteiger partial charge in [0.15, 0.2) is 15.3 Å². The van der Waals surface area contributed by atoms with Gasteiger partial charge in [0.25, 0.3) is 0 Å². The van der Waals surface area contributed by atoms with E-state index in [0.717, 1.165) is 0 Å². The predicted octanol–water partition coefficient (Wildman–Crippen LogP) is 2.87. The summed E-state index contributed by atoms with van der Waals surface area (Å²) in [6.45, 7) is 0. The highest BCUT2D eigenvalue weighted by Gasteiger charge is 2.77. The van der Waals surface area contributed by atoms with Crippen LogP contribution in [0.2, 0.25) is 5.02 Å². The first kappa shape index (κ1) is 16.5. The van der Waals surface area contributed by atoms with E-state index in [2.05, 4.69) is 0 Å². The summed E-state index contributed by atoms with van der Waals surface area (Å²) in [6.07, 6.45) is 0. The van der Waals surface area contributed by atoms with Gasteiger partial charge >= 0.3 is 5.97 Å². The summed E-state index contributed by atoms with van der Waals surface area (Å²) in [5, 5.41) is 18.1. The number of hydrogen-bond acceptors (Lipinski definition) is 4. The summed E-state index contributed by atoms with van der Waals surface area (Å²) in [7, 11) is -3.97. The summed E-state index contributed by atoms with van der Waals surface area (Å²) in [5.41, 5.74) is -1.53. The van der Waals surface area contributed by atoms with Crippen LogP contribution in [0.4, 0.5) is 0 Å². The maximum absolute atomic E-state index is 12.9. The number of nitriles is 1. The third-order valence-electron chi connectivity index (χ3n) is 4.31. The fraction of sp³-hybridized carbons (Fsp3) is 0.176. The number of halogens is 1. The molecule has 3 atom stereocenters. The van der Waals surface area contributed by atoms with Gasteiger partial charge in [-0.1, -0.05) is 41.9 Å². The van der Waals surface area contributed by atoms with E-state index in [1.165, 1.54) is 12.1 Å². The van der Waals surface area contributed by atoms with Crippen LogP contribution >= 0.6 is 11.6 Å². The molecule has 0 aliphatic heterocycles. The zero-order valence-electron chi connectivity index (χ0n) is 12.3. The lowest BCUT2D eigenvalue weighted by molar-refractivity contribution is -0.141. The average Bonchev–Trinajstić information content (AvgIpc) is 3.28. The molecule has 1 aliphatic rings. The first-order chi connectivity index (χ1) is 11.4. The smallest absolute Gasteiger partial charge is 0.326 e. The van der Waals surface area contributed by atoms with Crippen molar-refractivity contribution in [3.8, 4) is 6.07 Å². The van der Waals surface area contributed by atoms with E-state index in [4.69, 9.17) is 11.6 Å². The van der Waals surface area contributed by atoms with Crippen molar-refractivity contribution in [1.82, 2.24) is 0 Å². The fourth-order valence-electron chi connectivity index (χ4n) is 3.08. The number of benzene rings is 2. The van der Waals surface area contributed by atoms with Crippen molar-refractivity contribution in [3.63, 3.8) is 0 Å². The number of hydrogen-bond donors (Lipinski definition) is 1. The van der Waals surface area contributed by atoms with Crippen molar-refractivity contribution in [2.45, 2.75) is 16.1 Å². The Labute approximate surface area is 144 Å². The zero-order chi connectivity index (χ0) is 17.5. The highest BCUT2D eigenvalue weighted by atomic mass is 35.5. The molecule has 1 saturated carbocycles. The maximum Gasteiger partial charge on any atom is 0.326 e. The van der Waals surface area contributed by atoms with Crippen LogP contribution in [0.15, 0.2) is 59.5 Å². The van der Waals surface area contributed by atoms with Gasteiger partial charge in [-0.3, -0.25) is 4.79 Å². The molecule has 2 aromatic carbocycles. The van der Waals surface area contributed by atoms with Crippen LogP contribution in [0.1, 0.15) is 11.5 Å². The fourth-order valence-corrected chi connectivity index (χ4v) is 5.48. The Morgan fingerprint density at radius 1 is 1.12 bits per heavy atom. The van der Waals surface area contributed by atoms with E-state index in [9.17, 15) is 23.6 Å². The molecule has 0 heterocycles. The van der Waals surface area contributed by atoms with Gasteiger partial charge < -0.3 is 5.11 Å². The van der Waals surface area contributed by atoms with E-state index in [1.54, 1.807) is 48.5 Å². The summed E-state index contributed by atoms with van der Waals surface area (Å²) < 4.78 is 25.8. The average molecular weight is 362 g/mol. The van der Waals surface area contributed by atoms with Crippen LogP contribution in [0, 0.1) is 16.7 Å². The van der Waals surface area contributed by atoms with Crippen molar-refractivity contribution in [2.75, 3.05) is 0 Å². The lowest BCUT2D eigenvalue weighted by Gasteiger charge is -2.04. The zero-order valence-corrected chi connectivity index (χ0v) is 13.8. The SMILES string of the molecule is N#C[C@@]1(C(=O)O)[C@H](c2ccc(Cl)cc2)[C@@H]1S(=O)(=O)c1ccccc1. The van der Waals surface area contributed by atoms with E-state index in [0.29, 0.717) is 10.6 Å². The Balaban J connectivity index is 2.13. The molecule has 0 bridgehead atoms. The standard InChI is InChI=1S/C17H12ClNO4S/c18-12-8-6-11(7-9-12)14-15(17(14,10-19)16(20)21)24(22,23)13-4-2-1-3-5-13/h1-9,14-15H,(H,20,21)/t14-,15+,17-/m1/s1. The quantitative estimate of drug-likeness (QED) is 0.903. The van der Waals surface area contributed by atoms with Crippen molar-refractivity contribution in [1.29, 1.82) is 5.26 Å². The molecular weight excluding hydrogens is 350 g/mol. The number of carboxylic acid groups (broad SMARTS) is 1. The summed E-state index contributed by atoms with van der Waals surface area (Å²) in [6, 6.07) is 15.5. The third kappa shape index (κ3) is 2.29. The van der Waals surface area contributed by atoms with Crippen molar-refractivity contribution in [2.24, 2.45) is 5.41 Å².